The van der Waals surface area contributed by atoms with E-state index in [2.05, 4.69) is 79.9 Å². The minimum Gasteiger partial charge on any atom is -0.387 e. The highest BCUT2D eigenvalue weighted by atomic mass is 31.2. The molecule has 3 atom stereocenters. The summed E-state index contributed by atoms with van der Waals surface area (Å²) in [5.41, 5.74) is 0. The fourth-order valence-corrected chi connectivity index (χ4v) is 8.64. The number of quaternary nitrogens is 1. The number of amides is 1. The fourth-order valence-electron chi connectivity index (χ4n) is 7.90. The SMILES string of the molecule is CCCCCCC/C=C\C/C=C\C/C=C\CCCCCCCCCCCCCCCCC(=O)NC(COP(=O)(O)OCC[N+](C)(C)C)C(O)/C=C/CC/C=C/CC/C=C/CCCCCCCCC. The zero-order chi connectivity index (χ0) is 49.9. The van der Waals surface area contributed by atoms with E-state index in [9.17, 15) is 19.4 Å². The number of phosphoric acid groups is 1. The summed E-state index contributed by atoms with van der Waals surface area (Å²) < 4.78 is 23.7. The van der Waals surface area contributed by atoms with Gasteiger partial charge >= 0.3 is 7.82 Å². The second-order valence-electron chi connectivity index (χ2n) is 20.3. The number of allylic oxidation sites excluding steroid dienone is 11. The van der Waals surface area contributed by atoms with Gasteiger partial charge in [0.2, 0.25) is 5.91 Å². The lowest BCUT2D eigenvalue weighted by Gasteiger charge is -2.25. The minimum atomic E-state index is -4.36. The molecule has 0 aromatic rings. The van der Waals surface area contributed by atoms with E-state index in [1.807, 2.05) is 27.2 Å². The van der Waals surface area contributed by atoms with Gasteiger partial charge in [0.1, 0.15) is 13.2 Å². The normalized spacial score (nSPS) is 14.5. The summed E-state index contributed by atoms with van der Waals surface area (Å²) in [5, 5.41) is 13.9. The van der Waals surface area contributed by atoms with E-state index in [4.69, 9.17) is 9.05 Å². The molecule has 3 N–H and O–H groups in total. The van der Waals surface area contributed by atoms with Gasteiger partial charge in [-0.1, -0.05) is 228 Å². The first-order chi connectivity index (χ1) is 33.0. The molecule has 0 heterocycles. The van der Waals surface area contributed by atoms with Gasteiger partial charge in [0.15, 0.2) is 0 Å². The smallest absolute Gasteiger partial charge is 0.387 e. The molecule has 0 spiro atoms. The van der Waals surface area contributed by atoms with Crippen LogP contribution in [0.25, 0.3) is 0 Å². The van der Waals surface area contributed by atoms with E-state index in [1.54, 1.807) is 6.08 Å². The maximum atomic E-state index is 13.0. The molecule has 68 heavy (non-hydrogen) atoms. The maximum absolute atomic E-state index is 13.0. The van der Waals surface area contributed by atoms with Crippen molar-refractivity contribution in [1.82, 2.24) is 5.32 Å². The van der Waals surface area contributed by atoms with Crippen LogP contribution in [0.4, 0.5) is 0 Å². The Labute approximate surface area is 421 Å². The molecule has 1 amide bonds. The predicted octanol–water partition coefficient (Wildman–Crippen LogP) is 17.1. The van der Waals surface area contributed by atoms with E-state index < -0.39 is 20.0 Å². The molecular formula is C59H110N2O6P+. The van der Waals surface area contributed by atoms with Gasteiger partial charge in [-0.3, -0.25) is 13.8 Å². The Hall–Kier alpha value is -2.06. The molecule has 0 bridgehead atoms. The van der Waals surface area contributed by atoms with Crippen molar-refractivity contribution < 1.29 is 32.9 Å². The van der Waals surface area contributed by atoms with Crippen LogP contribution in [0, 0.1) is 0 Å². The molecule has 8 nitrogen and oxygen atoms in total. The highest BCUT2D eigenvalue weighted by Gasteiger charge is 2.27. The van der Waals surface area contributed by atoms with E-state index in [0.29, 0.717) is 17.4 Å². The lowest BCUT2D eigenvalue weighted by Crippen LogP contribution is -2.45. The molecule has 0 rings (SSSR count). The highest BCUT2D eigenvalue weighted by Crippen LogP contribution is 2.43. The van der Waals surface area contributed by atoms with Crippen molar-refractivity contribution in [1.29, 1.82) is 0 Å². The van der Waals surface area contributed by atoms with Crippen LogP contribution >= 0.6 is 7.82 Å². The lowest BCUT2D eigenvalue weighted by atomic mass is 10.0. The molecule has 3 unspecified atom stereocenters. The summed E-state index contributed by atoms with van der Waals surface area (Å²) in [4.78, 5) is 23.3. The molecule has 0 aliphatic rings. The third-order valence-electron chi connectivity index (χ3n) is 12.4. The van der Waals surface area contributed by atoms with E-state index in [0.717, 1.165) is 57.8 Å². The standard InChI is InChI=1S/C59H109N2O6P/c1-6-8-10-12-14-16-18-20-22-24-25-26-27-28-29-30-31-32-33-34-35-37-39-41-43-45-47-49-51-53-59(63)60-57(56-67-68(64,65)66-55-54-61(3,4)5)58(62)52-50-48-46-44-42-40-38-36-23-21-19-17-15-13-11-9-7-2/h18,20,23-25,27-28,36,42,44,50,52,57-58,62H,6-17,19,21-22,26,29-35,37-41,43,45-49,51,53-56H2,1-5H3,(H-,60,63,64,65)/p+1/b20-18-,25-24-,28-27-,36-23+,44-42+,52-50+. The Kier molecular flexibility index (Phi) is 48.4. The Balaban J connectivity index is 4.22. The number of hydrogen-bond donors (Lipinski definition) is 3. The molecule has 0 aliphatic carbocycles. The number of aliphatic hydroxyl groups excluding tert-OH is 1. The van der Waals surface area contributed by atoms with Crippen molar-refractivity contribution in [3.8, 4) is 0 Å². The molecule has 0 aliphatic heterocycles. The van der Waals surface area contributed by atoms with Crippen molar-refractivity contribution >= 4 is 13.7 Å². The Morgan fingerprint density at radius 1 is 0.500 bits per heavy atom. The molecule has 396 valence electrons. The Bertz CT molecular complexity index is 1330. The van der Waals surface area contributed by atoms with Crippen LogP contribution in [0.5, 0.6) is 0 Å². The highest BCUT2D eigenvalue weighted by molar-refractivity contribution is 7.47. The van der Waals surface area contributed by atoms with Gasteiger partial charge in [-0.25, -0.2) is 4.57 Å². The molecule has 0 aromatic carbocycles. The van der Waals surface area contributed by atoms with Gasteiger partial charge in [-0.2, -0.15) is 0 Å². The van der Waals surface area contributed by atoms with E-state index in [-0.39, 0.29) is 19.1 Å². The number of likely N-dealkylation sites (N-methyl/N-ethyl adjacent to an activating group) is 1. The molecule has 0 aromatic heterocycles. The summed E-state index contributed by atoms with van der Waals surface area (Å²) in [7, 11) is 1.54. The Morgan fingerprint density at radius 3 is 1.28 bits per heavy atom. The van der Waals surface area contributed by atoms with Crippen LogP contribution < -0.4 is 5.32 Å². The summed E-state index contributed by atoms with van der Waals surface area (Å²) in [6.45, 7) is 4.77. The number of unbranched alkanes of at least 4 members (excludes halogenated alkanes) is 28. The van der Waals surface area contributed by atoms with Crippen molar-refractivity contribution in [3.63, 3.8) is 0 Å². The summed E-state index contributed by atoms with van der Waals surface area (Å²) in [6, 6.07) is -0.873. The topological polar surface area (TPSA) is 105 Å². The zero-order valence-corrected chi connectivity index (χ0v) is 46.0. The van der Waals surface area contributed by atoms with Crippen LogP contribution in [-0.4, -0.2) is 73.4 Å². The van der Waals surface area contributed by atoms with Crippen LogP contribution in [0.1, 0.15) is 245 Å². The number of rotatable bonds is 51. The van der Waals surface area contributed by atoms with Gasteiger partial charge in [0, 0.05) is 6.42 Å². The molecule has 0 fully saturated rings. The number of nitrogens with one attached hydrogen (secondary N) is 1. The van der Waals surface area contributed by atoms with Gasteiger partial charge in [0.05, 0.1) is 39.9 Å². The Morgan fingerprint density at radius 2 is 0.853 bits per heavy atom. The second-order valence-corrected chi connectivity index (χ2v) is 21.7. The number of carbonyl (C=O) groups is 1. The summed E-state index contributed by atoms with van der Waals surface area (Å²) in [5.74, 6) is -0.193. The van der Waals surface area contributed by atoms with Crippen molar-refractivity contribution in [3.05, 3.63) is 72.9 Å². The molecular weight excluding hydrogens is 864 g/mol. The second kappa shape index (κ2) is 49.9. The average molecular weight is 975 g/mol. The van der Waals surface area contributed by atoms with Crippen LogP contribution in [0.2, 0.25) is 0 Å². The van der Waals surface area contributed by atoms with Crippen molar-refractivity contribution in [2.75, 3.05) is 40.9 Å². The van der Waals surface area contributed by atoms with Crippen LogP contribution in [-0.2, 0) is 18.4 Å². The monoisotopic (exact) mass is 974 g/mol. The number of carbonyl (C=O) groups excluding carboxylic acids is 1. The summed E-state index contributed by atoms with van der Waals surface area (Å²) in [6.07, 6.45) is 68.6. The largest absolute Gasteiger partial charge is 0.472 e. The quantitative estimate of drug-likeness (QED) is 0.0243. The maximum Gasteiger partial charge on any atom is 0.472 e. The van der Waals surface area contributed by atoms with Gasteiger partial charge in [-0.15, -0.1) is 0 Å². The van der Waals surface area contributed by atoms with Crippen LogP contribution in [0.3, 0.4) is 0 Å². The van der Waals surface area contributed by atoms with Gasteiger partial charge in [0.25, 0.3) is 0 Å². The average Bonchev–Trinajstić information content (AvgIpc) is 3.30. The van der Waals surface area contributed by atoms with Crippen molar-refractivity contribution in [2.24, 2.45) is 0 Å². The van der Waals surface area contributed by atoms with Gasteiger partial charge < -0.3 is 19.8 Å². The third kappa shape index (κ3) is 51.8. The lowest BCUT2D eigenvalue weighted by molar-refractivity contribution is -0.870. The predicted molar refractivity (Wildman–Crippen MR) is 295 cm³/mol. The van der Waals surface area contributed by atoms with Crippen molar-refractivity contribution in [2.45, 2.75) is 257 Å². The van der Waals surface area contributed by atoms with E-state index in [1.165, 1.54) is 167 Å². The van der Waals surface area contributed by atoms with E-state index >= 15 is 0 Å². The summed E-state index contributed by atoms with van der Waals surface area (Å²) >= 11 is 0. The molecule has 0 saturated heterocycles. The zero-order valence-electron chi connectivity index (χ0n) is 45.1. The minimum absolute atomic E-state index is 0.0513. The third-order valence-corrected chi connectivity index (χ3v) is 13.4. The first-order valence-corrected chi connectivity index (χ1v) is 29.8. The van der Waals surface area contributed by atoms with Gasteiger partial charge in [-0.05, 0) is 83.5 Å². The molecule has 0 radical (unpaired) electrons. The molecule has 9 heteroatoms. The first-order valence-electron chi connectivity index (χ1n) is 28.3. The molecule has 0 saturated carbocycles. The number of phosphoric ester groups is 1. The number of nitrogens with zero attached hydrogens (tertiary/aromatic N) is 1. The first kappa shape index (κ1) is 65.9. The van der Waals surface area contributed by atoms with Crippen LogP contribution in [0.15, 0.2) is 72.9 Å². The fraction of sp³-hybridized carbons (Fsp3) is 0.780. The number of aliphatic hydroxyl groups is 1. The number of hydrogen-bond acceptors (Lipinski definition) is 5.